The van der Waals surface area contributed by atoms with E-state index in [1.165, 1.54) is 0 Å². The molecule has 2 amide bonds. The molecular weight excluding hydrogens is 196 g/mol. The molecule has 14 heavy (non-hydrogen) atoms. The van der Waals surface area contributed by atoms with Gasteiger partial charge in [0.2, 0.25) is 11.8 Å². The van der Waals surface area contributed by atoms with Crippen molar-refractivity contribution in [3.8, 4) is 0 Å². The summed E-state index contributed by atoms with van der Waals surface area (Å²) in [7, 11) is 0. The predicted octanol–water partition coefficient (Wildman–Crippen LogP) is -2.64. The van der Waals surface area contributed by atoms with Crippen LogP contribution in [0, 0.1) is 11.8 Å². The lowest BCUT2D eigenvalue weighted by Gasteiger charge is -2.13. The van der Waals surface area contributed by atoms with Crippen molar-refractivity contribution in [1.29, 1.82) is 0 Å². The van der Waals surface area contributed by atoms with Crippen LogP contribution in [0.15, 0.2) is 0 Å². The van der Waals surface area contributed by atoms with Gasteiger partial charge in [-0.2, -0.15) is 0 Å². The van der Waals surface area contributed by atoms with Crippen LogP contribution in [0.3, 0.4) is 0 Å². The standard InChI is InChI=1S/C6H8N2O6/c7-3(9)1(5(11)12)2(4(8)10)6(13)14/h1-2H,(H2,7,9)(H2,8,10)(H,11,12)(H,13,14). The zero-order valence-electron chi connectivity index (χ0n) is 6.84. The molecule has 0 aliphatic heterocycles. The van der Waals surface area contributed by atoms with Crippen LogP contribution in [0.5, 0.6) is 0 Å². The van der Waals surface area contributed by atoms with E-state index < -0.39 is 35.6 Å². The van der Waals surface area contributed by atoms with E-state index in [9.17, 15) is 19.2 Å². The molecule has 0 fully saturated rings. The average Bonchev–Trinajstić information content (AvgIpc) is 1.96. The van der Waals surface area contributed by atoms with Gasteiger partial charge in [-0.3, -0.25) is 19.2 Å². The summed E-state index contributed by atoms with van der Waals surface area (Å²) in [4.78, 5) is 42.0. The highest BCUT2D eigenvalue weighted by Crippen LogP contribution is 2.12. The van der Waals surface area contributed by atoms with Crippen molar-refractivity contribution in [2.45, 2.75) is 0 Å². The van der Waals surface area contributed by atoms with Gasteiger partial charge in [-0.1, -0.05) is 0 Å². The number of carboxylic acid groups (broad SMARTS) is 2. The fraction of sp³-hybridized carbons (Fsp3) is 0.333. The fourth-order valence-electron chi connectivity index (χ4n) is 0.857. The van der Waals surface area contributed by atoms with E-state index in [1.807, 2.05) is 0 Å². The Hall–Kier alpha value is -2.12. The van der Waals surface area contributed by atoms with E-state index in [0.29, 0.717) is 0 Å². The molecule has 78 valence electrons. The molecule has 0 saturated carbocycles. The van der Waals surface area contributed by atoms with Crippen LogP contribution in [-0.2, 0) is 19.2 Å². The van der Waals surface area contributed by atoms with Gasteiger partial charge in [-0.05, 0) is 0 Å². The van der Waals surface area contributed by atoms with Gasteiger partial charge in [0.25, 0.3) is 0 Å². The Kier molecular flexibility index (Phi) is 3.57. The molecule has 2 unspecified atom stereocenters. The highest BCUT2D eigenvalue weighted by atomic mass is 16.4. The smallest absolute Gasteiger partial charge is 0.317 e. The average molecular weight is 204 g/mol. The van der Waals surface area contributed by atoms with Crippen molar-refractivity contribution in [1.82, 2.24) is 0 Å². The molecule has 0 rings (SSSR count). The Bertz CT molecular complexity index is 241. The maximum absolute atomic E-state index is 10.6. The van der Waals surface area contributed by atoms with Crippen LogP contribution in [0.25, 0.3) is 0 Å². The molecule has 6 N–H and O–H groups in total. The summed E-state index contributed by atoms with van der Waals surface area (Å²) in [6, 6.07) is 0. The maximum atomic E-state index is 10.6. The monoisotopic (exact) mass is 204 g/mol. The van der Waals surface area contributed by atoms with Gasteiger partial charge in [0, 0.05) is 0 Å². The number of primary amides is 2. The summed E-state index contributed by atoms with van der Waals surface area (Å²) in [6.45, 7) is 0. The molecule has 0 saturated heterocycles. The third-order valence-electron chi connectivity index (χ3n) is 1.48. The van der Waals surface area contributed by atoms with Gasteiger partial charge in [0.15, 0.2) is 11.8 Å². The Balaban J connectivity index is 5.13. The molecule has 0 aromatic heterocycles. The van der Waals surface area contributed by atoms with E-state index in [0.717, 1.165) is 0 Å². The first kappa shape index (κ1) is 11.9. The lowest BCUT2D eigenvalue weighted by molar-refractivity contribution is -0.160. The van der Waals surface area contributed by atoms with Crippen molar-refractivity contribution < 1.29 is 29.4 Å². The number of carbonyl (C=O) groups excluding carboxylic acids is 2. The molecule has 0 aliphatic rings. The summed E-state index contributed by atoms with van der Waals surface area (Å²) >= 11 is 0. The van der Waals surface area contributed by atoms with Gasteiger partial charge >= 0.3 is 11.9 Å². The summed E-state index contributed by atoms with van der Waals surface area (Å²) in [5.41, 5.74) is 9.25. The Morgan fingerprint density at radius 1 is 0.786 bits per heavy atom. The first-order valence-electron chi connectivity index (χ1n) is 3.33. The largest absolute Gasteiger partial charge is 0.481 e. The molecule has 2 atom stereocenters. The van der Waals surface area contributed by atoms with Crippen molar-refractivity contribution in [3.63, 3.8) is 0 Å². The van der Waals surface area contributed by atoms with E-state index in [-0.39, 0.29) is 0 Å². The predicted molar refractivity (Wildman–Crippen MR) is 40.6 cm³/mol. The minimum Gasteiger partial charge on any atom is -0.481 e. The second-order valence-corrected chi connectivity index (χ2v) is 2.44. The third kappa shape index (κ3) is 2.44. The topological polar surface area (TPSA) is 161 Å². The lowest BCUT2D eigenvalue weighted by atomic mass is 9.91. The molecule has 0 heterocycles. The van der Waals surface area contributed by atoms with Crippen LogP contribution in [0.2, 0.25) is 0 Å². The molecule has 0 aliphatic carbocycles. The summed E-state index contributed by atoms with van der Waals surface area (Å²) in [5, 5.41) is 16.9. The summed E-state index contributed by atoms with van der Waals surface area (Å²) in [5.74, 6) is -10.8. The van der Waals surface area contributed by atoms with Gasteiger partial charge in [0.05, 0.1) is 0 Å². The molecule has 0 spiro atoms. The van der Waals surface area contributed by atoms with Gasteiger partial charge < -0.3 is 21.7 Å². The summed E-state index contributed by atoms with van der Waals surface area (Å²) < 4.78 is 0. The SMILES string of the molecule is NC(=O)C(C(=O)O)C(C(N)=O)C(=O)O. The van der Waals surface area contributed by atoms with Gasteiger partial charge in [-0.25, -0.2) is 0 Å². The maximum Gasteiger partial charge on any atom is 0.317 e. The minimum absolute atomic E-state index is 1.43. The first-order valence-corrected chi connectivity index (χ1v) is 3.33. The Labute approximate surface area is 77.5 Å². The van der Waals surface area contributed by atoms with E-state index in [1.54, 1.807) is 0 Å². The Morgan fingerprint density at radius 3 is 1.07 bits per heavy atom. The van der Waals surface area contributed by atoms with E-state index >= 15 is 0 Å². The quantitative estimate of drug-likeness (QED) is 0.358. The van der Waals surface area contributed by atoms with Crippen LogP contribution in [-0.4, -0.2) is 34.0 Å². The molecule has 0 radical (unpaired) electrons. The molecule has 8 heteroatoms. The van der Waals surface area contributed by atoms with Crippen LogP contribution >= 0.6 is 0 Å². The second-order valence-electron chi connectivity index (χ2n) is 2.44. The molecular formula is C6H8N2O6. The number of hydrogen-bond acceptors (Lipinski definition) is 4. The molecule has 0 bridgehead atoms. The number of aliphatic carboxylic acids is 2. The zero-order valence-corrected chi connectivity index (χ0v) is 6.84. The van der Waals surface area contributed by atoms with E-state index in [2.05, 4.69) is 11.5 Å². The number of carboxylic acids is 2. The number of carbonyl (C=O) groups is 4. The van der Waals surface area contributed by atoms with Gasteiger partial charge in [0.1, 0.15) is 0 Å². The highest BCUT2D eigenvalue weighted by Gasteiger charge is 2.42. The third-order valence-corrected chi connectivity index (χ3v) is 1.48. The lowest BCUT2D eigenvalue weighted by Crippen LogP contribution is -2.46. The molecule has 0 aromatic carbocycles. The molecule has 8 nitrogen and oxygen atoms in total. The van der Waals surface area contributed by atoms with Crippen molar-refractivity contribution >= 4 is 23.8 Å². The number of amides is 2. The first-order chi connectivity index (χ1) is 6.29. The van der Waals surface area contributed by atoms with Crippen molar-refractivity contribution in [2.75, 3.05) is 0 Å². The van der Waals surface area contributed by atoms with Crippen molar-refractivity contribution in [3.05, 3.63) is 0 Å². The summed E-state index contributed by atoms with van der Waals surface area (Å²) in [6.07, 6.45) is 0. The molecule has 0 aromatic rings. The second kappa shape index (κ2) is 4.21. The number of nitrogens with two attached hydrogens (primary N) is 2. The minimum atomic E-state index is -2.15. The zero-order chi connectivity index (χ0) is 11.5. The van der Waals surface area contributed by atoms with Crippen LogP contribution in [0.4, 0.5) is 0 Å². The number of rotatable bonds is 5. The Morgan fingerprint density at radius 2 is 1.00 bits per heavy atom. The number of hydrogen-bond donors (Lipinski definition) is 4. The van der Waals surface area contributed by atoms with Crippen LogP contribution in [0.1, 0.15) is 0 Å². The van der Waals surface area contributed by atoms with E-state index in [4.69, 9.17) is 10.2 Å². The fourth-order valence-corrected chi connectivity index (χ4v) is 0.857. The van der Waals surface area contributed by atoms with Crippen LogP contribution < -0.4 is 11.5 Å². The normalized spacial score (nSPS) is 14.0. The van der Waals surface area contributed by atoms with Gasteiger partial charge in [-0.15, -0.1) is 0 Å². The van der Waals surface area contributed by atoms with Crippen molar-refractivity contribution in [2.24, 2.45) is 23.3 Å². The highest BCUT2D eigenvalue weighted by molar-refractivity contribution is 6.08.